The second kappa shape index (κ2) is 15.3. The predicted octanol–water partition coefficient (Wildman–Crippen LogP) is 6.80. The molecule has 3 aromatic heterocycles. The number of carbonyl (C=O) groups excluding carboxylic acids is 1. The maximum atomic E-state index is 13.0. The van der Waals surface area contributed by atoms with E-state index in [0.717, 1.165) is 31.6 Å². The molecule has 0 spiro atoms. The number of aryl methyl sites for hydroxylation is 1. The average molecular weight is 798 g/mol. The van der Waals surface area contributed by atoms with Crippen molar-refractivity contribution >= 4 is 58.6 Å². The molecule has 0 radical (unpaired) electrons. The van der Waals surface area contributed by atoms with E-state index in [4.69, 9.17) is 18.9 Å². The number of esters is 1. The Morgan fingerprint density at radius 1 is 1.06 bits per heavy atom. The van der Waals surface area contributed by atoms with Gasteiger partial charge in [-0.3, -0.25) is 18.9 Å². The number of benzene rings is 2. The number of nitrogens with zero attached hydrogens (tertiary/aromatic N) is 5. The van der Waals surface area contributed by atoms with Crippen molar-refractivity contribution in [3.05, 3.63) is 105 Å². The molecule has 0 bridgehead atoms. The van der Waals surface area contributed by atoms with Crippen LogP contribution in [-0.4, -0.2) is 63.9 Å². The highest BCUT2D eigenvalue weighted by molar-refractivity contribution is 14.2. The van der Waals surface area contributed by atoms with Gasteiger partial charge in [0, 0.05) is 97.6 Å². The normalized spacial score (nSPS) is 13.4. The Balaban J connectivity index is 1.08. The van der Waals surface area contributed by atoms with E-state index in [9.17, 15) is 19.7 Å². The van der Waals surface area contributed by atoms with Gasteiger partial charge < -0.3 is 28.4 Å². The van der Waals surface area contributed by atoms with Crippen molar-refractivity contribution in [1.82, 2.24) is 13.5 Å². The quantitative estimate of drug-likeness (QED) is 0.0433. The van der Waals surface area contributed by atoms with E-state index in [1.807, 2.05) is 18.2 Å². The summed E-state index contributed by atoms with van der Waals surface area (Å²) in [6.45, 7) is 2.37. The van der Waals surface area contributed by atoms with Gasteiger partial charge in [0.15, 0.2) is 0 Å². The first-order valence-corrected chi connectivity index (χ1v) is 18.7. The van der Waals surface area contributed by atoms with Crippen molar-refractivity contribution in [3.8, 4) is 28.4 Å². The zero-order valence-corrected chi connectivity index (χ0v) is 29.6. The van der Waals surface area contributed by atoms with Gasteiger partial charge in [-0.05, 0) is 49.2 Å². The lowest BCUT2D eigenvalue weighted by molar-refractivity contribution is -0.384. The minimum Gasteiger partial charge on any atom is -0.491 e. The van der Waals surface area contributed by atoms with Gasteiger partial charge in [0.2, 0.25) is 0 Å². The molecular formula is C34H32IN5O8S. The van der Waals surface area contributed by atoms with Crippen molar-refractivity contribution in [2.24, 2.45) is 7.05 Å². The van der Waals surface area contributed by atoms with Gasteiger partial charge in [-0.25, -0.2) is 9.78 Å². The minimum atomic E-state index is -0.458. The lowest BCUT2D eigenvalue weighted by Gasteiger charge is -2.33. The first-order chi connectivity index (χ1) is 23.7. The van der Waals surface area contributed by atoms with E-state index >= 15 is 0 Å². The Bertz CT molecular complexity index is 2040. The summed E-state index contributed by atoms with van der Waals surface area (Å²) in [5.74, 6) is 1.00. The van der Waals surface area contributed by atoms with Gasteiger partial charge in [0.25, 0.3) is 11.2 Å². The zero-order valence-electron chi connectivity index (χ0n) is 26.6. The first-order valence-electron chi connectivity index (χ1n) is 15.4. The Morgan fingerprint density at radius 3 is 2.57 bits per heavy atom. The van der Waals surface area contributed by atoms with Crippen LogP contribution in [0.25, 0.3) is 22.0 Å². The predicted molar refractivity (Wildman–Crippen MR) is 195 cm³/mol. The van der Waals surface area contributed by atoms with E-state index in [2.05, 4.69) is 31.1 Å². The number of nitro benzene ring substituents is 1. The number of methoxy groups -OCH3 is 1. The molecule has 2 aromatic carbocycles. The van der Waals surface area contributed by atoms with Crippen LogP contribution >= 0.6 is 30.3 Å². The van der Waals surface area contributed by atoms with Crippen molar-refractivity contribution in [3.63, 3.8) is 0 Å². The van der Waals surface area contributed by atoms with Gasteiger partial charge in [-0.1, -0.05) is 6.07 Å². The highest BCUT2D eigenvalue weighted by Crippen LogP contribution is 2.40. The van der Waals surface area contributed by atoms with Crippen LogP contribution in [0, 0.1) is 10.1 Å². The lowest BCUT2D eigenvalue weighted by Crippen LogP contribution is -2.37. The molecule has 15 heteroatoms. The van der Waals surface area contributed by atoms with Gasteiger partial charge >= 0.3 is 5.97 Å². The summed E-state index contributed by atoms with van der Waals surface area (Å²) in [6, 6.07) is 16.9. The fraction of sp³-hybridized carbons (Fsp3) is 0.265. The zero-order chi connectivity index (χ0) is 34.5. The van der Waals surface area contributed by atoms with Crippen LogP contribution in [0.1, 0.15) is 23.3 Å². The highest BCUT2D eigenvalue weighted by atomic mass is 127. The van der Waals surface area contributed by atoms with E-state index in [1.165, 1.54) is 32.9 Å². The molecule has 1 saturated heterocycles. The summed E-state index contributed by atoms with van der Waals surface area (Å²) in [4.78, 5) is 42.3. The van der Waals surface area contributed by atoms with Gasteiger partial charge in [0.05, 0.1) is 36.6 Å². The molecule has 0 atom stereocenters. The van der Waals surface area contributed by atoms with Crippen LogP contribution in [-0.2, 0) is 16.5 Å². The molecular weight excluding hydrogens is 765 g/mol. The van der Waals surface area contributed by atoms with Gasteiger partial charge in [0.1, 0.15) is 35.1 Å². The number of piperidine rings is 1. The molecule has 0 unspecified atom stereocenters. The molecule has 1 fully saturated rings. The summed E-state index contributed by atoms with van der Waals surface area (Å²) >= 11 is 2.10. The highest BCUT2D eigenvalue weighted by Gasteiger charge is 2.22. The molecule has 0 saturated carbocycles. The topological polar surface area (TPSA) is 140 Å². The number of hydrogen-bond donors (Lipinski definition) is 0. The number of hydrogen-bond acceptors (Lipinski definition) is 11. The van der Waals surface area contributed by atoms with Gasteiger partial charge in [-0.15, -0.1) is 0 Å². The van der Waals surface area contributed by atoms with Crippen LogP contribution in [0.3, 0.4) is 0 Å². The Labute approximate surface area is 297 Å². The number of ether oxygens (including phenoxy) is 4. The molecule has 0 aliphatic carbocycles. The maximum absolute atomic E-state index is 13.0. The molecule has 4 heterocycles. The molecule has 254 valence electrons. The van der Waals surface area contributed by atoms with E-state index < -0.39 is 10.9 Å². The van der Waals surface area contributed by atoms with Crippen LogP contribution in [0.15, 0.2) is 84.0 Å². The Kier molecular flexibility index (Phi) is 10.7. The van der Waals surface area contributed by atoms with Crippen LogP contribution in [0.2, 0.25) is 0 Å². The van der Waals surface area contributed by atoms with Crippen LogP contribution in [0.5, 0.6) is 17.2 Å². The fourth-order valence-corrected chi connectivity index (χ4v) is 7.08. The SMILES string of the molecule is COC(=O)c1ccc(N2CCC(OCCOc3cccc(Oc4ccc([N+](=O)[O-])cc4-c4cn(C)c(=O)c5c4ccn5SI)c3)CC2)cn1. The molecule has 1 aliphatic heterocycles. The smallest absolute Gasteiger partial charge is 0.356 e. The summed E-state index contributed by atoms with van der Waals surface area (Å²) in [5.41, 5.74) is 2.54. The summed E-state index contributed by atoms with van der Waals surface area (Å²) in [5, 5.41) is 12.4. The number of aromatic nitrogens is 3. The number of rotatable bonds is 12. The van der Waals surface area contributed by atoms with Crippen molar-refractivity contribution in [1.29, 1.82) is 0 Å². The number of carbonyl (C=O) groups is 1. The standard InChI is InChI=1S/C34H32IN5O8S/c1-37-21-29(27-12-15-39(49-35)32(27)33(37)41)28-18-22(40(43)44)7-9-31(28)48-26-5-3-4-25(19-26)47-17-16-46-24-10-13-38(14-11-24)23-6-8-30(36-20-23)34(42)45-2/h3-9,12,15,18-21,24H,10-11,13-14,16-17H2,1-2H3. The second-order valence-electron chi connectivity index (χ2n) is 11.2. The summed E-state index contributed by atoms with van der Waals surface area (Å²) < 4.78 is 26.3. The number of nitro groups is 1. The van der Waals surface area contributed by atoms with E-state index in [1.54, 1.807) is 59.9 Å². The second-order valence-corrected chi connectivity index (χ2v) is 13.0. The summed E-state index contributed by atoms with van der Waals surface area (Å²) in [7, 11) is 4.34. The fourth-order valence-electron chi connectivity index (χ4n) is 5.74. The van der Waals surface area contributed by atoms with Crippen LogP contribution < -0.4 is 19.9 Å². The largest absolute Gasteiger partial charge is 0.491 e. The lowest BCUT2D eigenvalue weighted by atomic mass is 10.0. The number of pyridine rings is 2. The monoisotopic (exact) mass is 797 g/mol. The van der Waals surface area contributed by atoms with Crippen LogP contribution in [0.4, 0.5) is 11.4 Å². The molecule has 0 N–H and O–H groups in total. The number of anilines is 1. The summed E-state index contributed by atoms with van der Waals surface area (Å²) in [6.07, 6.45) is 6.96. The molecule has 0 amide bonds. The molecule has 5 aromatic rings. The van der Waals surface area contributed by atoms with E-state index in [-0.39, 0.29) is 23.0 Å². The van der Waals surface area contributed by atoms with Gasteiger partial charge in [-0.2, -0.15) is 0 Å². The molecule has 13 nitrogen and oxygen atoms in total. The third-order valence-electron chi connectivity index (χ3n) is 8.21. The van der Waals surface area contributed by atoms with E-state index in [0.29, 0.717) is 52.5 Å². The number of halogens is 1. The third kappa shape index (κ3) is 7.68. The van der Waals surface area contributed by atoms with Crippen molar-refractivity contribution in [2.45, 2.75) is 18.9 Å². The number of fused-ring (bicyclic) bond motifs is 1. The van der Waals surface area contributed by atoms with Crippen molar-refractivity contribution in [2.75, 3.05) is 38.3 Å². The third-order valence-corrected chi connectivity index (χ3v) is 9.94. The van der Waals surface area contributed by atoms with Crippen molar-refractivity contribution < 1.29 is 28.7 Å². The molecule has 6 rings (SSSR count). The average Bonchev–Trinajstić information content (AvgIpc) is 3.57. The maximum Gasteiger partial charge on any atom is 0.356 e. The minimum absolute atomic E-state index is 0.0962. The number of non-ortho nitro benzene ring substituents is 1. The Hall–Kier alpha value is -4.61. The molecule has 1 aliphatic rings. The Morgan fingerprint density at radius 2 is 1.86 bits per heavy atom. The molecule has 49 heavy (non-hydrogen) atoms. The first kappa shape index (κ1) is 34.3.